The number of allylic oxidation sites excluding steroid dienone is 1. The van der Waals surface area contributed by atoms with Crippen molar-refractivity contribution < 1.29 is 4.79 Å². The minimum atomic E-state index is -0.191. The Morgan fingerprint density at radius 1 is 0.909 bits per heavy atom. The molecule has 166 valence electrons. The van der Waals surface area contributed by atoms with Gasteiger partial charge in [-0.1, -0.05) is 42.5 Å². The molecular weight excluding hydrogens is 410 g/mol. The molecule has 0 bridgehead atoms. The van der Waals surface area contributed by atoms with E-state index in [1.165, 1.54) is 6.08 Å². The molecule has 0 aliphatic heterocycles. The quantitative estimate of drug-likeness (QED) is 0.372. The number of hydrogen-bond donors (Lipinski definition) is 2. The Morgan fingerprint density at radius 2 is 1.61 bits per heavy atom. The molecule has 0 spiro atoms. The Bertz CT molecular complexity index is 1430. The predicted molar refractivity (Wildman–Crippen MR) is 137 cm³/mol. The van der Waals surface area contributed by atoms with Gasteiger partial charge in [-0.25, -0.2) is 0 Å². The highest BCUT2D eigenvalue weighted by molar-refractivity contribution is 6.03. The topological polar surface area (TPSA) is 63.1 Å². The fourth-order valence-corrected chi connectivity index (χ4v) is 4.07. The number of aryl methyl sites for hydroxylation is 3. The first-order chi connectivity index (χ1) is 15.9. The van der Waals surface area contributed by atoms with Crippen molar-refractivity contribution in [1.29, 1.82) is 0 Å². The summed E-state index contributed by atoms with van der Waals surface area (Å²) in [7, 11) is 1.76. The second-order valence-corrected chi connectivity index (χ2v) is 8.15. The van der Waals surface area contributed by atoms with Crippen LogP contribution in [0.3, 0.4) is 0 Å². The highest BCUT2D eigenvalue weighted by atomic mass is 16.1. The largest absolute Gasteiger partial charge is 0.355 e. The fourth-order valence-electron chi connectivity index (χ4n) is 4.07. The molecule has 0 atom stereocenters. The molecule has 2 N–H and O–H groups in total. The van der Waals surface area contributed by atoms with Crippen LogP contribution in [0.15, 0.2) is 83.8 Å². The summed E-state index contributed by atoms with van der Waals surface area (Å²) in [6.45, 7) is 5.95. The minimum absolute atomic E-state index is 0.0452. The number of fused-ring (bicyclic) bond motifs is 1. The standard InChI is InChI=1S/C28H27N3O2/c1-5-9-26(32)29-20-14-15-25(30-27-18(2)10-8-11-19(27)3)23(16-20)24-17-31(4)28(33)22-13-7-6-12-21(22)24/h5-17,30H,1-4H3,(H,29,32)/b9-5+. The van der Waals surface area contributed by atoms with E-state index in [0.717, 1.165) is 39.0 Å². The van der Waals surface area contributed by atoms with E-state index in [2.05, 4.69) is 36.6 Å². The number of hydrogen-bond acceptors (Lipinski definition) is 3. The lowest BCUT2D eigenvalue weighted by Gasteiger charge is -2.19. The fraction of sp³-hybridized carbons (Fsp3) is 0.143. The second kappa shape index (κ2) is 9.17. The second-order valence-electron chi connectivity index (χ2n) is 8.15. The van der Waals surface area contributed by atoms with Crippen molar-refractivity contribution in [1.82, 2.24) is 4.57 Å². The van der Waals surface area contributed by atoms with Crippen LogP contribution in [0.4, 0.5) is 17.1 Å². The zero-order chi connectivity index (χ0) is 23.5. The van der Waals surface area contributed by atoms with Crippen LogP contribution in [0.2, 0.25) is 0 Å². The Labute approximate surface area is 193 Å². The number of nitrogens with zero attached hydrogens (tertiary/aromatic N) is 1. The van der Waals surface area contributed by atoms with Gasteiger partial charge in [0.1, 0.15) is 0 Å². The van der Waals surface area contributed by atoms with Crippen LogP contribution < -0.4 is 16.2 Å². The first kappa shape index (κ1) is 22.1. The maximum absolute atomic E-state index is 12.7. The monoisotopic (exact) mass is 437 g/mol. The normalized spacial score (nSPS) is 11.2. The zero-order valence-electron chi connectivity index (χ0n) is 19.3. The van der Waals surface area contributed by atoms with E-state index >= 15 is 0 Å². The van der Waals surface area contributed by atoms with E-state index < -0.39 is 0 Å². The molecule has 0 unspecified atom stereocenters. The summed E-state index contributed by atoms with van der Waals surface area (Å²) in [6.07, 6.45) is 5.05. The molecule has 0 aliphatic carbocycles. The SMILES string of the molecule is C/C=C/C(=O)Nc1ccc(Nc2c(C)cccc2C)c(-c2cn(C)c(=O)c3ccccc23)c1. The summed E-state index contributed by atoms with van der Waals surface area (Å²) in [5.41, 5.74) is 6.63. The maximum Gasteiger partial charge on any atom is 0.258 e. The molecule has 0 radical (unpaired) electrons. The molecule has 5 heteroatoms. The molecule has 5 nitrogen and oxygen atoms in total. The van der Waals surface area contributed by atoms with Gasteiger partial charge in [-0.05, 0) is 67.6 Å². The van der Waals surface area contributed by atoms with Gasteiger partial charge >= 0.3 is 0 Å². The van der Waals surface area contributed by atoms with Crippen molar-refractivity contribution >= 4 is 33.7 Å². The van der Waals surface area contributed by atoms with E-state index in [1.807, 2.05) is 54.7 Å². The third-order valence-corrected chi connectivity index (χ3v) is 5.73. The summed E-state index contributed by atoms with van der Waals surface area (Å²) < 4.78 is 1.60. The van der Waals surface area contributed by atoms with E-state index in [9.17, 15) is 9.59 Å². The lowest BCUT2D eigenvalue weighted by molar-refractivity contribution is -0.111. The van der Waals surface area contributed by atoms with E-state index in [0.29, 0.717) is 11.1 Å². The van der Waals surface area contributed by atoms with Crippen molar-refractivity contribution in [3.8, 4) is 11.1 Å². The molecule has 1 amide bonds. The van der Waals surface area contributed by atoms with Gasteiger partial charge in [0.15, 0.2) is 0 Å². The van der Waals surface area contributed by atoms with Crippen LogP contribution in [-0.2, 0) is 11.8 Å². The summed E-state index contributed by atoms with van der Waals surface area (Å²) >= 11 is 0. The molecule has 1 heterocycles. The lowest BCUT2D eigenvalue weighted by atomic mass is 9.97. The molecule has 4 rings (SSSR count). The minimum Gasteiger partial charge on any atom is -0.355 e. The summed E-state index contributed by atoms with van der Waals surface area (Å²) in [5.74, 6) is -0.191. The average molecular weight is 438 g/mol. The Balaban J connectivity index is 1.95. The predicted octanol–water partition coefficient (Wildman–Crippen LogP) is 6.08. The number of amides is 1. The summed E-state index contributed by atoms with van der Waals surface area (Å²) in [5, 5.41) is 8.03. The van der Waals surface area contributed by atoms with Gasteiger partial charge < -0.3 is 15.2 Å². The van der Waals surface area contributed by atoms with Crippen LogP contribution in [0.1, 0.15) is 18.1 Å². The van der Waals surface area contributed by atoms with Crippen LogP contribution in [0.5, 0.6) is 0 Å². The van der Waals surface area contributed by atoms with Gasteiger partial charge in [-0.2, -0.15) is 0 Å². The average Bonchev–Trinajstić information content (AvgIpc) is 2.80. The van der Waals surface area contributed by atoms with Crippen molar-refractivity contribution in [3.63, 3.8) is 0 Å². The molecule has 3 aromatic carbocycles. The van der Waals surface area contributed by atoms with Crippen LogP contribution in [0.25, 0.3) is 21.9 Å². The number of aromatic nitrogens is 1. The Kier molecular flexibility index (Phi) is 6.13. The molecule has 0 saturated carbocycles. The van der Waals surface area contributed by atoms with E-state index in [4.69, 9.17) is 0 Å². The number of rotatable bonds is 5. The van der Waals surface area contributed by atoms with Crippen LogP contribution in [-0.4, -0.2) is 10.5 Å². The number of carbonyl (C=O) groups is 1. The number of carbonyl (C=O) groups excluding carboxylic acids is 1. The molecule has 33 heavy (non-hydrogen) atoms. The third kappa shape index (κ3) is 4.44. The summed E-state index contributed by atoms with van der Waals surface area (Å²) in [4.78, 5) is 24.9. The molecule has 1 aromatic heterocycles. The lowest BCUT2D eigenvalue weighted by Crippen LogP contribution is -2.16. The van der Waals surface area contributed by atoms with Gasteiger partial charge in [-0.3, -0.25) is 9.59 Å². The number of anilines is 3. The highest BCUT2D eigenvalue weighted by Crippen LogP contribution is 2.37. The molecular formula is C28H27N3O2. The van der Waals surface area contributed by atoms with Crippen LogP contribution in [0, 0.1) is 13.8 Å². The first-order valence-electron chi connectivity index (χ1n) is 10.9. The number of para-hydroxylation sites is 1. The van der Waals surface area contributed by atoms with Crippen molar-refractivity contribution in [2.45, 2.75) is 20.8 Å². The van der Waals surface area contributed by atoms with Crippen molar-refractivity contribution in [2.24, 2.45) is 7.05 Å². The Morgan fingerprint density at radius 3 is 2.30 bits per heavy atom. The highest BCUT2D eigenvalue weighted by Gasteiger charge is 2.15. The summed E-state index contributed by atoms with van der Waals surface area (Å²) in [6, 6.07) is 19.6. The molecule has 4 aromatic rings. The molecule has 0 aliphatic rings. The van der Waals surface area contributed by atoms with Gasteiger partial charge in [0.05, 0.1) is 0 Å². The van der Waals surface area contributed by atoms with Gasteiger partial charge in [-0.15, -0.1) is 0 Å². The molecule has 0 saturated heterocycles. The van der Waals surface area contributed by atoms with Gasteiger partial charge in [0.2, 0.25) is 5.91 Å². The van der Waals surface area contributed by atoms with E-state index in [1.54, 1.807) is 24.6 Å². The number of nitrogens with one attached hydrogen (secondary N) is 2. The van der Waals surface area contributed by atoms with E-state index in [-0.39, 0.29) is 11.5 Å². The number of benzene rings is 3. The van der Waals surface area contributed by atoms with Crippen molar-refractivity contribution in [2.75, 3.05) is 10.6 Å². The third-order valence-electron chi connectivity index (χ3n) is 5.73. The Hall–Kier alpha value is -4.12. The smallest absolute Gasteiger partial charge is 0.258 e. The first-order valence-corrected chi connectivity index (χ1v) is 10.9. The zero-order valence-corrected chi connectivity index (χ0v) is 19.3. The van der Waals surface area contributed by atoms with Gasteiger partial charge in [0, 0.05) is 46.8 Å². The van der Waals surface area contributed by atoms with Gasteiger partial charge in [0.25, 0.3) is 5.56 Å². The van der Waals surface area contributed by atoms with Crippen molar-refractivity contribution in [3.05, 3.63) is 100 Å². The number of pyridine rings is 1. The van der Waals surface area contributed by atoms with Crippen LogP contribution >= 0.6 is 0 Å². The molecule has 0 fully saturated rings. The maximum atomic E-state index is 12.7.